The Morgan fingerprint density at radius 1 is 1.61 bits per heavy atom. The summed E-state index contributed by atoms with van der Waals surface area (Å²) in [6.45, 7) is 0. The van der Waals surface area contributed by atoms with E-state index in [1.165, 1.54) is 0 Å². The zero-order chi connectivity index (χ0) is 13.7. The number of hydrogen-bond donors (Lipinski definition) is 3. The van der Waals surface area contributed by atoms with Crippen LogP contribution in [0.25, 0.3) is 0 Å². The van der Waals surface area contributed by atoms with Gasteiger partial charge < -0.3 is 10.2 Å². The maximum absolute atomic E-state index is 13.3. The lowest BCUT2D eigenvalue weighted by molar-refractivity contribution is 0.0696. The van der Waals surface area contributed by atoms with Crippen LogP contribution in [0.2, 0.25) is 0 Å². The van der Waals surface area contributed by atoms with Gasteiger partial charge in [-0.2, -0.15) is 5.26 Å². The Bertz CT molecular complexity index is 554. The number of carboxylic acids is 1. The van der Waals surface area contributed by atoms with E-state index < -0.39 is 17.5 Å². The van der Waals surface area contributed by atoms with Crippen LogP contribution in [0.1, 0.15) is 10.4 Å². The highest BCUT2D eigenvalue weighted by atomic mass is 32.2. The van der Waals surface area contributed by atoms with E-state index in [2.05, 4.69) is 10.3 Å². The normalized spacial score (nSPS) is 10.8. The van der Waals surface area contributed by atoms with Crippen molar-refractivity contribution in [1.29, 1.82) is 5.26 Å². The summed E-state index contributed by atoms with van der Waals surface area (Å²) in [5, 5.41) is 28.9. The Labute approximate surface area is 106 Å². The monoisotopic (exact) mass is 269 g/mol. The second-order valence-electron chi connectivity index (χ2n) is 2.99. The molecule has 94 valence electrons. The number of nitriles is 1. The number of thioether (sulfide) groups is 1. The number of halogens is 1. The van der Waals surface area contributed by atoms with E-state index >= 15 is 0 Å². The van der Waals surface area contributed by atoms with E-state index in [1.54, 1.807) is 12.4 Å². The van der Waals surface area contributed by atoms with E-state index in [9.17, 15) is 14.3 Å². The van der Waals surface area contributed by atoms with Crippen LogP contribution in [0.3, 0.4) is 0 Å². The van der Waals surface area contributed by atoms with Crippen molar-refractivity contribution >= 4 is 28.6 Å². The predicted octanol–water partition coefficient (Wildman–Crippen LogP) is 1.65. The van der Waals surface area contributed by atoms with Crippen LogP contribution >= 0.6 is 11.8 Å². The Hall–Kier alpha value is -2.27. The molecule has 0 aliphatic carbocycles. The van der Waals surface area contributed by atoms with Crippen LogP contribution in [-0.2, 0) is 0 Å². The molecule has 0 bridgehead atoms. The number of aromatic carboxylic acids is 1. The SMILES string of the molecule is CSC(=Nc1cc(C(=O)O)cc(F)c1O)NC#N. The van der Waals surface area contributed by atoms with Crippen LogP contribution in [0, 0.1) is 17.3 Å². The van der Waals surface area contributed by atoms with E-state index in [0.717, 1.165) is 17.8 Å². The first kappa shape index (κ1) is 13.8. The molecule has 0 heterocycles. The van der Waals surface area contributed by atoms with Gasteiger partial charge in [-0.15, -0.1) is 0 Å². The molecule has 0 unspecified atom stereocenters. The lowest BCUT2D eigenvalue weighted by atomic mass is 10.2. The number of phenols is 1. The molecule has 0 atom stereocenters. The molecule has 8 heteroatoms. The number of carboxylic acid groups (broad SMARTS) is 1. The number of amidine groups is 1. The summed E-state index contributed by atoms with van der Waals surface area (Å²) < 4.78 is 13.3. The number of aliphatic imine (C=N–C) groups is 1. The molecule has 1 rings (SSSR count). The molecule has 0 saturated carbocycles. The van der Waals surface area contributed by atoms with Crippen LogP contribution in [0.5, 0.6) is 5.75 Å². The third kappa shape index (κ3) is 3.11. The molecule has 0 spiro atoms. The zero-order valence-corrected chi connectivity index (χ0v) is 9.95. The number of aromatic hydroxyl groups is 1. The predicted molar refractivity (Wildman–Crippen MR) is 64.4 cm³/mol. The third-order valence-corrected chi connectivity index (χ3v) is 2.45. The van der Waals surface area contributed by atoms with Crippen molar-refractivity contribution in [1.82, 2.24) is 5.32 Å². The molecular weight excluding hydrogens is 261 g/mol. The topological polar surface area (TPSA) is 106 Å². The van der Waals surface area contributed by atoms with Crippen molar-refractivity contribution in [3.05, 3.63) is 23.5 Å². The average molecular weight is 269 g/mol. The number of carbonyl (C=O) groups is 1. The summed E-state index contributed by atoms with van der Waals surface area (Å²) in [4.78, 5) is 14.5. The zero-order valence-electron chi connectivity index (χ0n) is 9.14. The van der Waals surface area contributed by atoms with Gasteiger partial charge >= 0.3 is 5.97 Å². The van der Waals surface area contributed by atoms with Gasteiger partial charge in [-0.05, 0) is 18.4 Å². The van der Waals surface area contributed by atoms with Gasteiger partial charge in [-0.3, -0.25) is 5.32 Å². The summed E-state index contributed by atoms with van der Waals surface area (Å²) in [5.41, 5.74) is -0.610. The highest BCUT2D eigenvalue weighted by Crippen LogP contribution is 2.31. The van der Waals surface area contributed by atoms with E-state index in [-0.39, 0.29) is 16.4 Å². The summed E-state index contributed by atoms with van der Waals surface area (Å²) in [5.74, 6) is -3.21. The van der Waals surface area contributed by atoms with Crippen molar-refractivity contribution in [2.75, 3.05) is 6.26 Å². The van der Waals surface area contributed by atoms with Crippen molar-refractivity contribution in [2.24, 2.45) is 4.99 Å². The van der Waals surface area contributed by atoms with Crippen molar-refractivity contribution in [3.8, 4) is 11.9 Å². The minimum Gasteiger partial charge on any atom is -0.503 e. The number of benzene rings is 1. The van der Waals surface area contributed by atoms with Crippen molar-refractivity contribution < 1.29 is 19.4 Å². The Balaban J connectivity index is 3.31. The van der Waals surface area contributed by atoms with Gasteiger partial charge in [-0.25, -0.2) is 14.2 Å². The Morgan fingerprint density at radius 2 is 2.28 bits per heavy atom. The number of rotatable bonds is 2. The van der Waals surface area contributed by atoms with Gasteiger partial charge in [0.2, 0.25) is 0 Å². The minimum atomic E-state index is -1.34. The Kier molecular flexibility index (Phi) is 4.51. The average Bonchev–Trinajstić information content (AvgIpc) is 2.33. The van der Waals surface area contributed by atoms with Crippen LogP contribution in [0.15, 0.2) is 17.1 Å². The van der Waals surface area contributed by atoms with Gasteiger partial charge in [0.25, 0.3) is 0 Å². The molecule has 0 aliphatic rings. The first-order valence-electron chi connectivity index (χ1n) is 4.53. The van der Waals surface area contributed by atoms with Crippen molar-refractivity contribution in [3.63, 3.8) is 0 Å². The molecule has 0 fully saturated rings. The Morgan fingerprint density at radius 3 is 2.78 bits per heavy atom. The quantitative estimate of drug-likeness (QED) is 0.326. The molecule has 18 heavy (non-hydrogen) atoms. The molecular formula is C10H8FN3O3S. The second kappa shape index (κ2) is 5.88. The number of hydrogen-bond acceptors (Lipinski definition) is 5. The van der Waals surface area contributed by atoms with Gasteiger partial charge in [0.1, 0.15) is 5.69 Å². The summed E-state index contributed by atoms with van der Waals surface area (Å²) >= 11 is 1.05. The molecule has 1 aromatic carbocycles. The van der Waals surface area contributed by atoms with E-state index in [0.29, 0.717) is 6.07 Å². The molecule has 0 saturated heterocycles. The molecule has 3 N–H and O–H groups in total. The fraction of sp³-hybridized carbons (Fsp3) is 0.100. The van der Waals surface area contributed by atoms with Gasteiger partial charge in [0.15, 0.2) is 22.9 Å². The largest absolute Gasteiger partial charge is 0.503 e. The highest BCUT2D eigenvalue weighted by Gasteiger charge is 2.14. The number of nitrogens with one attached hydrogen (secondary N) is 1. The number of nitrogens with zero attached hydrogens (tertiary/aromatic N) is 2. The fourth-order valence-corrected chi connectivity index (χ4v) is 1.41. The van der Waals surface area contributed by atoms with Crippen LogP contribution < -0.4 is 5.32 Å². The van der Waals surface area contributed by atoms with E-state index in [1.807, 2.05) is 0 Å². The van der Waals surface area contributed by atoms with Crippen molar-refractivity contribution in [2.45, 2.75) is 0 Å². The molecule has 0 aliphatic heterocycles. The van der Waals surface area contributed by atoms with E-state index in [4.69, 9.17) is 10.4 Å². The maximum Gasteiger partial charge on any atom is 0.335 e. The molecule has 0 amide bonds. The lowest BCUT2D eigenvalue weighted by Gasteiger charge is -2.04. The standard InChI is InChI=1S/C10H8FN3O3S/c1-18-10(13-4-12)14-7-3-5(9(16)17)2-6(11)8(7)15/h2-3,15H,1H3,(H,13,14)(H,16,17). The van der Waals surface area contributed by atoms with Crippen LogP contribution in [0.4, 0.5) is 10.1 Å². The first-order valence-corrected chi connectivity index (χ1v) is 5.75. The fourth-order valence-electron chi connectivity index (χ4n) is 1.08. The third-order valence-electron chi connectivity index (χ3n) is 1.87. The first-order chi connectivity index (χ1) is 8.49. The smallest absolute Gasteiger partial charge is 0.335 e. The van der Waals surface area contributed by atoms with Crippen LogP contribution in [-0.4, -0.2) is 27.6 Å². The summed E-state index contributed by atoms with van der Waals surface area (Å²) in [6, 6.07) is 1.70. The molecule has 1 aromatic rings. The molecule has 0 aromatic heterocycles. The highest BCUT2D eigenvalue weighted by molar-refractivity contribution is 8.13. The van der Waals surface area contributed by atoms with Gasteiger partial charge in [0.05, 0.1) is 5.56 Å². The molecule has 6 nitrogen and oxygen atoms in total. The van der Waals surface area contributed by atoms with Gasteiger partial charge in [0, 0.05) is 0 Å². The van der Waals surface area contributed by atoms with Gasteiger partial charge in [-0.1, -0.05) is 11.8 Å². The second-order valence-corrected chi connectivity index (χ2v) is 3.78. The lowest BCUT2D eigenvalue weighted by Crippen LogP contribution is -2.12. The summed E-state index contributed by atoms with van der Waals surface area (Å²) in [7, 11) is 0. The summed E-state index contributed by atoms with van der Waals surface area (Å²) in [6.07, 6.45) is 3.23. The minimum absolute atomic E-state index is 0.106. The molecule has 0 radical (unpaired) electrons. The maximum atomic E-state index is 13.3. The number of phenolic OH excluding ortho intramolecular Hbond substituents is 1.